The van der Waals surface area contributed by atoms with E-state index in [2.05, 4.69) is 0 Å². The first-order valence-corrected chi connectivity index (χ1v) is 6.38. The molecule has 2 aromatic carbocycles. The Morgan fingerprint density at radius 1 is 0.895 bits per heavy atom. The van der Waals surface area contributed by atoms with E-state index in [4.69, 9.17) is 9.47 Å². The predicted molar refractivity (Wildman–Crippen MR) is 73.2 cm³/mol. The molecule has 2 rings (SSSR count). The van der Waals surface area contributed by atoms with E-state index in [1.54, 1.807) is 12.1 Å². The maximum absolute atomic E-state index is 13.4. The van der Waals surface area contributed by atoms with Crippen molar-refractivity contribution in [1.29, 1.82) is 0 Å². The Hall–Kier alpha value is -2.03. The molecule has 0 aliphatic rings. The smallest absolute Gasteiger partial charge is 0.126 e. The van der Waals surface area contributed by atoms with Gasteiger partial charge in [-0.15, -0.1) is 0 Å². The summed E-state index contributed by atoms with van der Waals surface area (Å²) < 4.78 is 24.3. The molecule has 0 heterocycles. The minimum absolute atomic E-state index is 0.183. The highest BCUT2D eigenvalue weighted by Gasteiger charge is 2.01. The standard InChI is InChI=1S/C16H17FO2/c1-2-18-14-7-9-15(10-8-14)19-12-11-13-5-3-4-6-16(13)17/h3-10H,2,11-12H2,1H3. The van der Waals surface area contributed by atoms with Crippen LogP contribution >= 0.6 is 0 Å². The maximum atomic E-state index is 13.4. The number of hydrogen-bond donors (Lipinski definition) is 0. The Labute approximate surface area is 112 Å². The number of hydrogen-bond acceptors (Lipinski definition) is 2. The van der Waals surface area contributed by atoms with E-state index >= 15 is 0 Å². The lowest BCUT2D eigenvalue weighted by atomic mass is 10.1. The van der Waals surface area contributed by atoms with Gasteiger partial charge in [0.25, 0.3) is 0 Å². The van der Waals surface area contributed by atoms with Crippen LogP contribution in [0.4, 0.5) is 4.39 Å². The minimum Gasteiger partial charge on any atom is -0.494 e. The predicted octanol–water partition coefficient (Wildman–Crippen LogP) is 3.85. The molecule has 0 spiro atoms. The summed E-state index contributed by atoms with van der Waals surface area (Å²) in [5.74, 6) is 1.40. The Morgan fingerprint density at radius 3 is 2.16 bits per heavy atom. The first-order chi connectivity index (χ1) is 9.29. The molecule has 0 fully saturated rings. The van der Waals surface area contributed by atoms with Crippen molar-refractivity contribution in [2.75, 3.05) is 13.2 Å². The van der Waals surface area contributed by atoms with Crippen molar-refractivity contribution in [3.8, 4) is 11.5 Å². The number of benzene rings is 2. The van der Waals surface area contributed by atoms with Crippen molar-refractivity contribution in [2.24, 2.45) is 0 Å². The molecule has 0 aliphatic carbocycles. The highest BCUT2D eigenvalue weighted by Crippen LogP contribution is 2.18. The van der Waals surface area contributed by atoms with Gasteiger partial charge in [-0.2, -0.15) is 0 Å². The van der Waals surface area contributed by atoms with Crippen LogP contribution < -0.4 is 9.47 Å². The summed E-state index contributed by atoms with van der Waals surface area (Å²) in [7, 11) is 0. The summed E-state index contributed by atoms with van der Waals surface area (Å²) in [4.78, 5) is 0. The summed E-state index contributed by atoms with van der Waals surface area (Å²) in [5.41, 5.74) is 0.674. The third kappa shape index (κ3) is 3.98. The minimum atomic E-state index is -0.183. The molecule has 2 aromatic rings. The van der Waals surface area contributed by atoms with Gasteiger partial charge < -0.3 is 9.47 Å². The first-order valence-electron chi connectivity index (χ1n) is 6.38. The zero-order valence-electron chi connectivity index (χ0n) is 10.9. The molecule has 0 radical (unpaired) electrons. The van der Waals surface area contributed by atoms with Gasteiger partial charge in [-0.3, -0.25) is 0 Å². The molecule has 0 unspecified atom stereocenters. The van der Waals surface area contributed by atoms with E-state index in [0.717, 1.165) is 11.5 Å². The highest BCUT2D eigenvalue weighted by atomic mass is 19.1. The number of rotatable bonds is 6. The molecule has 0 saturated heterocycles. The second-order valence-electron chi connectivity index (χ2n) is 4.09. The van der Waals surface area contributed by atoms with Gasteiger partial charge in [0.2, 0.25) is 0 Å². The molecule has 0 N–H and O–H groups in total. The molecule has 0 amide bonds. The second kappa shape index (κ2) is 6.78. The van der Waals surface area contributed by atoms with Gasteiger partial charge >= 0.3 is 0 Å². The first kappa shape index (κ1) is 13.4. The van der Waals surface area contributed by atoms with E-state index < -0.39 is 0 Å². The Balaban J connectivity index is 1.84. The average molecular weight is 260 g/mol. The van der Waals surface area contributed by atoms with Gasteiger partial charge in [-0.1, -0.05) is 18.2 Å². The third-order valence-electron chi connectivity index (χ3n) is 2.73. The van der Waals surface area contributed by atoms with Crippen LogP contribution in [0.5, 0.6) is 11.5 Å². The monoisotopic (exact) mass is 260 g/mol. The van der Waals surface area contributed by atoms with Crippen LogP contribution in [0.1, 0.15) is 12.5 Å². The lowest BCUT2D eigenvalue weighted by Crippen LogP contribution is -2.03. The van der Waals surface area contributed by atoms with Gasteiger partial charge in [0.1, 0.15) is 17.3 Å². The van der Waals surface area contributed by atoms with E-state index in [-0.39, 0.29) is 5.82 Å². The third-order valence-corrected chi connectivity index (χ3v) is 2.73. The van der Waals surface area contributed by atoms with Crippen molar-refractivity contribution in [3.63, 3.8) is 0 Å². The van der Waals surface area contributed by atoms with Crippen LogP contribution in [0.15, 0.2) is 48.5 Å². The highest BCUT2D eigenvalue weighted by molar-refractivity contribution is 5.31. The van der Waals surface area contributed by atoms with Crippen molar-refractivity contribution in [1.82, 2.24) is 0 Å². The van der Waals surface area contributed by atoms with Gasteiger partial charge in [-0.25, -0.2) is 4.39 Å². The van der Waals surface area contributed by atoms with Crippen LogP contribution in [-0.2, 0) is 6.42 Å². The van der Waals surface area contributed by atoms with Crippen LogP contribution in [0.2, 0.25) is 0 Å². The fourth-order valence-corrected chi connectivity index (χ4v) is 1.78. The number of ether oxygens (including phenoxy) is 2. The van der Waals surface area contributed by atoms with Crippen LogP contribution in [0.25, 0.3) is 0 Å². The van der Waals surface area contributed by atoms with Gasteiger partial charge in [0, 0.05) is 6.42 Å². The molecule has 0 aromatic heterocycles. The molecule has 3 heteroatoms. The molecule has 0 bridgehead atoms. The van der Waals surface area contributed by atoms with E-state index in [0.29, 0.717) is 25.2 Å². The SMILES string of the molecule is CCOc1ccc(OCCc2ccccc2F)cc1. The van der Waals surface area contributed by atoms with Crippen molar-refractivity contribution < 1.29 is 13.9 Å². The lowest BCUT2D eigenvalue weighted by molar-refractivity contribution is 0.316. The fourth-order valence-electron chi connectivity index (χ4n) is 1.78. The van der Waals surface area contributed by atoms with Gasteiger partial charge in [-0.05, 0) is 42.8 Å². The summed E-state index contributed by atoms with van der Waals surface area (Å²) in [5, 5.41) is 0. The average Bonchev–Trinajstić information content (AvgIpc) is 2.43. The zero-order chi connectivity index (χ0) is 13.5. The quantitative estimate of drug-likeness (QED) is 0.785. The molecule has 100 valence electrons. The second-order valence-corrected chi connectivity index (χ2v) is 4.09. The van der Waals surface area contributed by atoms with Gasteiger partial charge in [0.15, 0.2) is 0 Å². The summed E-state index contributed by atoms with van der Waals surface area (Å²) in [6.45, 7) is 3.04. The van der Waals surface area contributed by atoms with E-state index in [1.165, 1.54) is 6.07 Å². The molecule has 0 saturated carbocycles. The van der Waals surface area contributed by atoms with Crippen molar-refractivity contribution in [3.05, 3.63) is 59.9 Å². The Bertz CT molecular complexity index is 508. The summed E-state index contributed by atoms with van der Waals surface area (Å²) in [6, 6.07) is 14.2. The normalized spacial score (nSPS) is 10.2. The topological polar surface area (TPSA) is 18.5 Å². The summed E-state index contributed by atoms with van der Waals surface area (Å²) >= 11 is 0. The van der Waals surface area contributed by atoms with E-state index in [1.807, 2.05) is 37.3 Å². The molecule has 0 aliphatic heterocycles. The molecule has 19 heavy (non-hydrogen) atoms. The molecule has 2 nitrogen and oxygen atoms in total. The number of halogens is 1. The Kier molecular flexibility index (Phi) is 4.78. The Morgan fingerprint density at radius 2 is 1.53 bits per heavy atom. The van der Waals surface area contributed by atoms with Crippen LogP contribution in [-0.4, -0.2) is 13.2 Å². The van der Waals surface area contributed by atoms with Gasteiger partial charge in [0.05, 0.1) is 13.2 Å². The van der Waals surface area contributed by atoms with E-state index in [9.17, 15) is 4.39 Å². The molecule has 0 atom stereocenters. The van der Waals surface area contributed by atoms with Crippen LogP contribution in [0, 0.1) is 5.82 Å². The van der Waals surface area contributed by atoms with Crippen molar-refractivity contribution >= 4 is 0 Å². The largest absolute Gasteiger partial charge is 0.494 e. The van der Waals surface area contributed by atoms with Crippen molar-refractivity contribution in [2.45, 2.75) is 13.3 Å². The zero-order valence-corrected chi connectivity index (χ0v) is 10.9. The summed E-state index contributed by atoms with van der Waals surface area (Å²) in [6.07, 6.45) is 0.555. The molecular formula is C16H17FO2. The lowest BCUT2D eigenvalue weighted by Gasteiger charge is -2.08. The maximum Gasteiger partial charge on any atom is 0.126 e. The van der Waals surface area contributed by atoms with Crippen LogP contribution in [0.3, 0.4) is 0 Å². The molecular weight excluding hydrogens is 243 g/mol. The fraction of sp³-hybridized carbons (Fsp3) is 0.250.